The van der Waals surface area contributed by atoms with E-state index in [1.807, 2.05) is 0 Å². The molecule has 0 aliphatic carbocycles. The van der Waals surface area contributed by atoms with Crippen molar-refractivity contribution < 1.29 is 14.0 Å². The highest BCUT2D eigenvalue weighted by molar-refractivity contribution is 6.37. The first kappa shape index (κ1) is 21.5. The summed E-state index contributed by atoms with van der Waals surface area (Å²) in [7, 11) is 0. The number of hydrogen-bond donors (Lipinski definition) is 2. The number of halogens is 3. The third-order valence-electron chi connectivity index (χ3n) is 4.13. The first-order valence-corrected chi connectivity index (χ1v) is 9.56. The molecule has 0 aliphatic rings. The van der Waals surface area contributed by atoms with Crippen molar-refractivity contribution in [2.24, 2.45) is 5.10 Å². The SMILES string of the molecule is CC(=NNC(=O)c1cccc(F)c1)c1cccc(NC(=O)c2ccc(Cl)cc2Cl)c1. The molecule has 5 nitrogen and oxygen atoms in total. The summed E-state index contributed by atoms with van der Waals surface area (Å²) in [6.07, 6.45) is 0. The van der Waals surface area contributed by atoms with Crippen molar-refractivity contribution >= 4 is 46.4 Å². The Morgan fingerprint density at radius 1 is 0.900 bits per heavy atom. The van der Waals surface area contributed by atoms with Crippen LogP contribution in [0, 0.1) is 5.82 Å². The normalized spacial score (nSPS) is 11.1. The first-order chi connectivity index (χ1) is 14.3. The number of hydrogen-bond acceptors (Lipinski definition) is 3. The maximum absolute atomic E-state index is 13.2. The summed E-state index contributed by atoms with van der Waals surface area (Å²) in [5, 5.41) is 7.49. The molecule has 0 aromatic heterocycles. The van der Waals surface area contributed by atoms with Crippen LogP contribution < -0.4 is 10.7 Å². The van der Waals surface area contributed by atoms with Crippen LogP contribution in [0.15, 0.2) is 71.8 Å². The van der Waals surface area contributed by atoms with E-state index in [1.54, 1.807) is 43.3 Å². The molecule has 0 spiro atoms. The van der Waals surface area contributed by atoms with Crippen molar-refractivity contribution in [1.29, 1.82) is 0 Å². The van der Waals surface area contributed by atoms with Gasteiger partial charge >= 0.3 is 0 Å². The molecule has 2 N–H and O–H groups in total. The second kappa shape index (κ2) is 9.52. The number of carbonyl (C=O) groups is 2. The zero-order valence-corrected chi connectivity index (χ0v) is 17.3. The lowest BCUT2D eigenvalue weighted by Crippen LogP contribution is -2.19. The molecule has 0 unspecified atom stereocenters. The molecule has 2 amide bonds. The fraction of sp³-hybridized carbons (Fsp3) is 0.0455. The number of hydrazone groups is 1. The molecular weight excluding hydrogens is 428 g/mol. The fourth-order valence-electron chi connectivity index (χ4n) is 2.59. The largest absolute Gasteiger partial charge is 0.322 e. The summed E-state index contributed by atoms with van der Waals surface area (Å²) in [6.45, 7) is 1.70. The van der Waals surface area contributed by atoms with Gasteiger partial charge < -0.3 is 5.32 Å². The Hall–Kier alpha value is -3.22. The van der Waals surface area contributed by atoms with Crippen molar-refractivity contribution in [3.63, 3.8) is 0 Å². The van der Waals surface area contributed by atoms with Gasteiger partial charge in [0.15, 0.2) is 0 Å². The van der Waals surface area contributed by atoms with Gasteiger partial charge in [-0.05, 0) is 61.0 Å². The number of nitrogens with one attached hydrogen (secondary N) is 2. The molecule has 8 heteroatoms. The van der Waals surface area contributed by atoms with Crippen LogP contribution >= 0.6 is 23.2 Å². The third kappa shape index (κ3) is 5.43. The highest BCUT2D eigenvalue weighted by Gasteiger charge is 2.12. The minimum atomic E-state index is -0.532. The van der Waals surface area contributed by atoms with E-state index in [-0.39, 0.29) is 16.5 Å². The highest BCUT2D eigenvalue weighted by Crippen LogP contribution is 2.22. The summed E-state index contributed by atoms with van der Waals surface area (Å²) in [5.41, 5.74) is 4.54. The lowest BCUT2D eigenvalue weighted by atomic mass is 10.1. The molecule has 3 aromatic rings. The zero-order valence-electron chi connectivity index (χ0n) is 15.7. The van der Waals surface area contributed by atoms with Crippen LogP contribution in [0.3, 0.4) is 0 Å². The van der Waals surface area contributed by atoms with Crippen LogP contribution in [0.2, 0.25) is 10.0 Å². The molecule has 0 radical (unpaired) electrons. The van der Waals surface area contributed by atoms with Gasteiger partial charge in [-0.2, -0.15) is 5.10 Å². The molecule has 0 heterocycles. The average Bonchev–Trinajstić information content (AvgIpc) is 2.71. The van der Waals surface area contributed by atoms with Crippen LogP contribution in [0.1, 0.15) is 33.2 Å². The van der Waals surface area contributed by atoms with Crippen LogP contribution in [-0.2, 0) is 0 Å². The van der Waals surface area contributed by atoms with E-state index in [1.165, 1.54) is 24.3 Å². The van der Waals surface area contributed by atoms with Crippen LogP contribution in [0.5, 0.6) is 0 Å². The Morgan fingerprint density at radius 2 is 1.63 bits per heavy atom. The van der Waals surface area contributed by atoms with Gasteiger partial charge in [-0.15, -0.1) is 0 Å². The van der Waals surface area contributed by atoms with Gasteiger partial charge in [0.2, 0.25) is 0 Å². The van der Waals surface area contributed by atoms with E-state index in [0.717, 1.165) is 6.07 Å². The minimum absolute atomic E-state index is 0.160. The Kier molecular flexibility index (Phi) is 6.82. The Bertz CT molecular complexity index is 1150. The van der Waals surface area contributed by atoms with Crippen LogP contribution in [-0.4, -0.2) is 17.5 Å². The van der Waals surface area contributed by atoms with Crippen molar-refractivity contribution in [2.45, 2.75) is 6.92 Å². The maximum atomic E-state index is 13.2. The number of carbonyl (C=O) groups excluding carboxylic acids is 2. The minimum Gasteiger partial charge on any atom is -0.322 e. The fourth-order valence-corrected chi connectivity index (χ4v) is 3.08. The molecular formula is C22H16Cl2FN3O2. The quantitative estimate of drug-likeness (QED) is 0.401. The van der Waals surface area contributed by atoms with E-state index in [2.05, 4.69) is 15.8 Å². The summed E-state index contributed by atoms with van der Waals surface area (Å²) in [6, 6.07) is 16.8. The number of nitrogens with zero attached hydrogens (tertiary/aromatic N) is 1. The molecule has 30 heavy (non-hydrogen) atoms. The molecule has 0 atom stereocenters. The highest BCUT2D eigenvalue weighted by atomic mass is 35.5. The standard InChI is InChI=1S/C22H16Cl2FN3O2/c1-13(27-28-21(29)15-5-2-6-17(25)10-15)14-4-3-7-18(11-14)26-22(30)19-9-8-16(23)12-20(19)24/h2-12H,1H3,(H,26,30)(H,28,29). The smallest absolute Gasteiger partial charge is 0.271 e. The van der Waals surface area contributed by atoms with Gasteiger partial charge in [-0.3, -0.25) is 9.59 Å². The van der Waals surface area contributed by atoms with Gasteiger partial charge in [0.1, 0.15) is 5.82 Å². The second-order valence-corrected chi connectivity index (χ2v) is 7.15. The predicted octanol–water partition coefficient (Wildman–Crippen LogP) is 5.54. The summed E-state index contributed by atoms with van der Waals surface area (Å²) < 4.78 is 13.2. The van der Waals surface area contributed by atoms with Crippen molar-refractivity contribution in [2.75, 3.05) is 5.32 Å². The van der Waals surface area contributed by atoms with Crippen molar-refractivity contribution in [1.82, 2.24) is 5.43 Å². The van der Waals surface area contributed by atoms with Gasteiger partial charge in [0, 0.05) is 16.3 Å². The summed E-state index contributed by atoms with van der Waals surface area (Å²) in [5.74, 6) is -1.42. The molecule has 152 valence electrons. The van der Waals surface area contributed by atoms with Gasteiger partial charge in [-0.1, -0.05) is 41.4 Å². The molecule has 0 saturated heterocycles. The van der Waals surface area contributed by atoms with Gasteiger partial charge in [-0.25, -0.2) is 9.82 Å². The number of rotatable bonds is 5. The molecule has 3 rings (SSSR count). The predicted molar refractivity (Wildman–Crippen MR) is 117 cm³/mol. The number of amides is 2. The summed E-state index contributed by atoms with van der Waals surface area (Å²) >= 11 is 11.9. The summed E-state index contributed by atoms with van der Waals surface area (Å²) in [4.78, 5) is 24.6. The molecule has 0 bridgehead atoms. The van der Waals surface area contributed by atoms with Crippen LogP contribution in [0.4, 0.5) is 10.1 Å². The van der Waals surface area contributed by atoms with E-state index in [4.69, 9.17) is 23.2 Å². The van der Waals surface area contributed by atoms with Gasteiger partial charge in [0.25, 0.3) is 11.8 Å². The number of benzene rings is 3. The van der Waals surface area contributed by atoms with E-state index < -0.39 is 11.7 Å². The Labute approximate surface area is 182 Å². The van der Waals surface area contributed by atoms with Crippen molar-refractivity contribution in [3.8, 4) is 0 Å². The van der Waals surface area contributed by atoms with E-state index in [9.17, 15) is 14.0 Å². The first-order valence-electron chi connectivity index (χ1n) is 8.80. The maximum Gasteiger partial charge on any atom is 0.271 e. The lowest BCUT2D eigenvalue weighted by molar-refractivity contribution is 0.0953. The monoisotopic (exact) mass is 443 g/mol. The number of anilines is 1. The Balaban J connectivity index is 1.71. The molecule has 3 aromatic carbocycles. The van der Waals surface area contributed by atoms with Gasteiger partial charge in [0.05, 0.1) is 16.3 Å². The molecule has 0 aliphatic heterocycles. The zero-order chi connectivity index (χ0) is 21.7. The van der Waals surface area contributed by atoms with E-state index in [0.29, 0.717) is 27.5 Å². The lowest BCUT2D eigenvalue weighted by Gasteiger charge is -2.09. The topological polar surface area (TPSA) is 70.6 Å². The van der Waals surface area contributed by atoms with E-state index >= 15 is 0 Å². The Morgan fingerprint density at radius 3 is 2.37 bits per heavy atom. The van der Waals surface area contributed by atoms with Crippen molar-refractivity contribution in [3.05, 3.63) is 99.3 Å². The molecule has 0 saturated carbocycles. The molecule has 0 fully saturated rings. The van der Waals surface area contributed by atoms with Crippen LogP contribution in [0.25, 0.3) is 0 Å². The average molecular weight is 444 g/mol. The third-order valence-corrected chi connectivity index (χ3v) is 4.67. The second-order valence-electron chi connectivity index (χ2n) is 6.31.